The Morgan fingerprint density at radius 1 is 1.00 bits per heavy atom. The number of hydrogen-bond donors (Lipinski definition) is 0. The van der Waals surface area contributed by atoms with Crippen LogP contribution in [-0.2, 0) is 12.3 Å². The third kappa shape index (κ3) is 5.62. The van der Waals surface area contributed by atoms with Crippen LogP contribution in [-0.4, -0.2) is 68.4 Å². The molecule has 2 aliphatic heterocycles. The van der Waals surface area contributed by atoms with Gasteiger partial charge in [0, 0.05) is 43.1 Å². The molecule has 0 saturated carbocycles. The lowest BCUT2D eigenvalue weighted by molar-refractivity contribution is 0.0623. The van der Waals surface area contributed by atoms with Crippen molar-refractivity contribution in [3.63, 3.8) is 0 Å². The molecule has 214 valence electrons. The number of amides is 1. The molecule has 13 heteroatoms. The second-order valence-corrected chi connectivity index (χ2v) is 12.1. The lowest BCUT2D eigenvalue weighted by Crippen LogP contribution is -2.48. The predicted molar refractivity (Wildman–Crippen MR) is 159 cm³/mol. The molecule has 0 radical (unpaired) electrons. The third-order valence-electron chi connectivity index (χ3n) is 7.04. The molecule has 1 fully saturated rings. The number of nitrogens with zero attached hydrogens (tertiary/aromatic N) is 6. The van der Waals surface area contributed by atoms with Gasteiger partial charge < -0.3 is 18.8 Å². The molecule has 42 heavy (non-hydrogen) atoms. The Hall–Kier alpha value is -3.84. The van der Waals surface area contributed by atoms with Crippen LogP contribution in [0.1, 0.15) is 21.1 Å². The molecule has 0 atom stereocenters. The summed E-state index contributed by atoms with van der Waals surface area (Å²) >= 11 is 9.25. The fourth-order valence-corrected chi connectivity index (χ4v) is 6.87. The number of thiazole rings is 1. The van der Waals surface area contributed by atoms with Crippen molar-refractivity contribution in [1.82, 2.24) is 29.5 Å². The van der Waals surface area contributed by atoms with Crippen LogP contribution < -0.4 is 9.47 Å². The highest BCUT2D eigenvalue weighted by molar-refractivity contribution is 7.98. The van der Waals surface area contributed by atoms with Crippen molar-refractivity contribution in [2.24, 2.45) is 0 Å². The summed E-state index contributed by atoms with van der Waals surface area (Å²) < 4.78 is 18.4. The van der Waals surface area contributed by atoms with Gasteiger partial charge in [0.25, 0.3) is 5.91 Å². The van der Waals surface area contributed by atoms with Gasteiger partial charge in [0.05, 0.1) is 17.7 Å². The first-order valence-electron chi connectivity index (χ1n) is 13.3. The number of benzene rings is 2. The summed E-state index contributed by atoms with van der Waals surface area (Å²) in [6.45, 7) is 3.98. The van der Waals surface area contributed by atoms with Gasteiger partial charge in [-0.25, -0.2) is 4.98 Å². The first kappa shape index (κ1) is 27.0. The van der Waals surface area contributed by atoms with Crippen LogP contribution in [0.5, 0.6) is 11.5 Å². The average molecular weight is 621 g/mol. The van der Waals surface area contributed by atoms with E-state index < -0.39 is 0 Å². The number of rotatable bonds is 8. The number of fused-ring (bicyclic) bond motifs is 1. The maximum absolute atomic E-state index is 13.3. The highest BCUT2D eigenvalue weighted by Crippen LogP contribution is 2.33. The summed E-state index contributed by atoms with van der Waals surface area (Å²) in [4.78, 5) is 22.1. The van der Waals surface area contributed by atoms with Crippen LogP contribution in [0.15, 0.2) is 75.8 Å². The Morgan fingerprint density at radius 2 is 1.88 bits per heavy atom. The molecule has 0 bridgehead atoms. The molecule has 10 nitrogen and oxygen atoms in total. The van der Waals surface area contributed by atoms with Gasteiger partial charge in [-0.3, -0.25) is 14.3 Å². The Labute approximate surface area is 254 Å². The molecule has 0 unspecified atom stereocenters. The van der Waals surface area contributed by atoms with E-state index >= 15 is 0 Å². The summed E-state index contributed by atoms with van der Waals surface area (Å²) in [5, 5.41) is 12.8. The van der Waals surface area contributed by atoms with E-state index in [1.165, 1.54) is 28.7 Å². The number of thioether (sulfide) groups is 1. The maximum Gasteiger partial charge on any atom is 0.273 e. The lowest BCUT2D eigenvalue weighted by Gasteiger charge is -2.34. The molecule has 3 aromatic heterocycles. The van der Waals surface area contributed by atoms with E-state index in [-0.39, 0.29) is 12.7 Å². The van der Waals surface area contributed by atoms with Crippen LogP contribution in [0, 0.1) is 0 Å². The molecule has 7 rings (SSSR count). The van der Waals surface area contributed by atoms with Crippen LogP contribution >= 0.6 is 34.7 Å². The molecular formula is C29H25ClN6O4S2. The topological polar surface area (TPSA) is 98.8 Å². The molecular weight excluding hydrogens is 596 g/mol. The number of carbonyl (C=O) groups is 1. The number of ether oxygens (including phenoxy) is 2. The van der Waals surface area contributed by atoms with E-state index in [1.807, 2.05) is 63.4 Å². The molecule has 2 aromatic carbocycles. The number of carbonyl (C=O) groups excluding carboxylic acids is 1. The van der Waals surface area contributed by atoms with Crippen molar-refractivity contribution in [1.29, 1.82) is 0 Å². The summed E-state index contributed by atoms with van der Waals surface area (Å²) in [7, 11) is 0. The Morgan fingerprint density at radius 3 is 2.71 bits per heavy atom. The first-order valence-corrected chi connectivity index (χ1v) is 15.6. The molecule has 5 aromatic rings. The summed E-state index contributed by atoms with van der Waals surface area (Å²) in [6.07, 6.45) is 1.60. The molecule has 0 aliphatic carbocycles. The van der Waals surface area contributed by atoms with E-state index in [0.717, 1.165) is 41.8 Å². The number of halogens is 1. The van der Waals surface area contributed by atoms with Gasteiger partial charge in [-0.1, -0.05) is 35.5 Å². The summed E-state index contributed by atoms with van der Waals surface area (Å²) in [5.74, 6) is 3.27. The summed E-state index contributed by atoms with van der Waals surface area (Å²) in [5.41, 5.74) is 2.48. The van der Waals surface area contributed by atoms with Gasteiger partial charge in [0.2, 0.25) is 12.6 Å². The molecule has 5 heterocycles. The monoisotopic (exact) mass is 620 g/mol. The molecule has 0 spiro atoms. The van der Waals surface area contributed by atoms with Crippen LogP contribution in [0.3, 0.4) is 0 Å². The van der Waals surface area contributed by atoms with Crippen molar-refractivity contribution in [3.05, 3.63) is 87.5 Å². The van der Waals surface area contributed by atoms with E-state index in [2.05, 4.69) is 26.1 Å². The fourth-order valence-electron chi connectivity index (χ4n) is 4.95. The van der Waals surface area contributed by atoms with Crippen molar-refractivity contribution >= 4 is 40.6 Å². The van der Waals surface area contributed by atoms with Crippen LogP contribution in [0.25, 0.3) is 17.3 Å². The van der Waals surface area contributed by atoms with Gasteiger partial charge in [0.1, 0.15) is 10.7 Å². The number of hydrogen-bond acceptors (Lipinski definition) is 10. The van der Waals surface area contributed by atoms with Gasteiger partial charge in [0.15, 0.2) is 22.4 Å². The Kier molecular flexibility index (Phi) is 7.59. The first-order chi connectivity index (χ1) is 20.6. The van der Waals surface area contributed by atoms with Crippen LogP contribution in [0.2, 0.25) is 5.02 Å². The van der Waals surface area contributed by atoms with Crippen molar-refractivity contribution in [2.45, 2.75) is 17.5 Å². The van der Waals surface area contributed by atoms with E-state index in [9.17, 15) is 4.79 Å². The zero-order chi connectivity index (χ0) is 28.5. The van der Waals surface area contributed by atoms with E-state index in [0.29, 0.717) is 46.3 Å². The minimum atomic E-state index is -0.0348. The number of piperazine rings is 1. The number of aromatic nitrogens is 4. The second kappa shape index (κ2) is 11.8. The minimum absolute atomic E-state index is 0.0348. The van der Waals surface area contributed by atoms with Gasteiger partial charge in [-0.2, -0.15) is 0 Å². The SMILES string of the molecule is O=C(c1csc(CSc2nnc(-c3ccco3)n2-c2cccc(Cl)c2)n1)N1CCN(Cc2ccc3c(c2)OCO3)CC1. The lowest BCUT2D eigenvalue weighted by atomic mass is 10.1. The average Bonchev–Trinajstić information content (AvgIpc) is 3.83. The van der Waals surface area contributed by atoms with Crippen molar-refractivity contribution < 1.29 is 18.7 Å². The Balaban J connectivity index is 0.982. The highest BCUT2D eigenvalue weighted by atomic mass is 35.5. The maximum atomic E-state index is 13.3. The normalized spacial score (nSPS) is 14.9. The van der Waals surface area contributed by atoms with Crippen molar-refractivity contribution in [2.75, 3.05) is 33.0 Å². The number of furan rings is 1. The van der Waals surface area contributed by atoms with Crippen molar-refractivity contribution in [3.8, 4) is 28.8 Å². The zero-order valence-corrected chi connectivity index (χ0v) is 24.7. The van der Waals surface area contributed by atoms with Crippen LogP contribution in [0.4, 0.5) is 0 Å². The molecule has 1 amide bonds. The van der Waals surface area contributed by atoms with Gasteiger partial charge in [-0.05, 0) is 48.0 Å². The molecule has 2 aliphatic rings. The zero-order valence-electron chi connectivity index (χ0n) is 22.3. The summed E-state index contributed by atoms with van der Waals surface area (Å²) in [6, 6.07) is 17.2. The molecule has 0 N–H and O–H groups in total. The van der Waals surface area contributed by atoms with E-state index in [1.54, 1.807) is 6.26 Å². The largest absolute Gasteiger partial charge is 0.461 e. The van der Waals surface area contributed by atoms with E-state index in [4.69, 9.17) is 25.5 Å². The standard InChI is InChI=1S/C29H25ClN6O4S2/c30-20-3-1-4-21(14-20)36-27(24-5-2-12-38-24)32-33-29(36)42-17-26-31-22(16-41-26)28(37)35-10-8-34(9-11-35)15-19-6-7-23-25(13-19)40-18-39-23/h1-7,12-14,16H,8-11,15,17-18H2. The highest BCUT2D eigenvalue weighted by Gasteiger charge is 2.25. The Bertz CT molecular complexity index is 1710. The smallest absolute Gasteiger partial charge is 0.273 e. The predicted octanol–water partition coefficient (Wildman–Crippen LogP) is 5.62. The second-order valence-electron chi connectivity index (χ2n) is 9.77. The van der Waals surface area contributed by atoms with Gasteiger partial charge >= 0.3 is 0 Å². The fraction of sp³-hybridized carbons (Fsp3) is 0.241. The quantitative estimate of drug-likeness (QED) is 0.205. The van der Waals surface area contributed by atoms with Gasteiger partial charge in [-0.15, -0.1) is 21.5 Å². The minimum Gasteiger partial charge on any atom is -0.461 e. The third-order valence-corrected chi connectivity index (χ3v) is 9.25. The molecule has 1 saturated heterocycles.